The highest BCUT2D eigenvalue weighted by atomic mass is 31.2. The molecule has 0 amide bonds. The van der Waals surface area contributed by atoms with E-state index in [1.54, 1.807) is 0 Å². The van der Waals surface area contributed by atoms with E-state index in [0.29, 0.717) is 19.3 Å². The highest BCUT2D eigenvalue weighted by Gasteiger charge is 2.27. The molecule has 1 unspecified atom stereocenters. The Balaban J connectivity index is 4.46. The monoisotopic (exact) mass is 795 g/mol. The second-order valence-electron chi connectivity index (χ2n) is 13.7. The fourth-order valence-electron chi connectivity index (χ4n) is 5.09. The third-order valence-electron chi connectivity index (χ3n) is 8.36. The van der Waals surface area contributed by atoms with Crippen molar-refractivity contribution in [3.8, 4) is 0 Å². The summed E-state index contributed by atoms with van der Waals surface area (Å²) in [4.78, 5) is 34.9. The second-order valence-corrected chi connectivity index (χ2v) is 15.1. The lowest BCUT2D eigenvalue weighted by Gasteiger charge is -2.20. The summed E-state index contributed by atoms with van der Waals surface area (Å²) in [6.45, 7) is 2.23. The molecule has 0 radical (unpaired) electrons. The highest BCUT2D eigenvalue weighted by Crippen LogP contribution is 2.43. The van der Waals surface area contributed by atoms with Crippen molar-refractivity contribution in [2.45, 2.75) is 167 Å². The van der Waals surface area contributed by atoms with Gasteiger partial charge in [0.2, 0.25) is 0 Å². The maximum absolute atomic E-state index is 12.6. The normalized spacial score (nSPS) is 14.6. The van der Waals surface area contributed by atoms with Crippen LogP contribution < -0.4 is 0 Å². The van der Waals surface area contributed by atoms with Gasteiger partial charge in [0.25, 0.3) is 0 Å². The van der Waals surface area contributed by atoms with Crippen LogP contribution in [0.3, 0.4) is 0 Å². The smallest absolute Gasteiger partial charge is 0.462 e. The van der Waals surface area contributed by atoms with Crippen LogP contribution in [0.1, 0.15) is 155 Å². The van der Waals surface area contributed by atoms with Crippen LogP contribution in [-0.4, -0.2) is 65.7 Å². The first-order chi connectivity index (χ1) is 26.7. The molecule has 3 N–H and O–H groups in total. The predicted octanol–water partition coefficient (Wildman–Crippen LogP) is 10.9. The van der Waals surface area contributed by atoms with Crippen LogP contribution in [-0.2, 0) is 32.7 Å². The summed E-state index contributed by atoms with van der Waals surface area (Å²) >= 11 is 0. The van der Waals surface area contributed by atoms with Crippen LogP contribution in [0.15, 0.2) is 72.9 Å². The number of rotatable bonds is 38. The Labute approximate surface area is 333 Å². The molecule has 0 aliphatic heterocycles. The van der Waals surface area contributed by atoms with Crippen LogP contribution in [0.5, 0.6) is 0 Å². The molecule has 10 nitrogen and oxygen atoms in total. The molecule has 0 saturated carbocycles. The lowest BCUT2D eigenvalue weighted by atomic mass is 10.1. The zero-order valence-corrected chi connectivity index (χ0v) is 35.0. The minimum Gasteiger partial charge on any atom is -0.462 e. The number of unbranched alkanes of at least 4 members (excludes halogenated alkanes) is 13. The van der Waals surface area contributed by atoms with Gasteiger partial charge in [-0.1, -0.05) is 138 Å². The summed E-state index contributed by atoms with van der Waals surface area (Å²) in [5.41, 5.74) is 0. The molecule has 316 valence electrons. The van der Waals surface area contributed by atoms with E-state index in [4.69, 9.17) is 19.1 Å². The molecule has 0 aromatic heterocycles. The number of carbonyl (C=O) groups excluding carboxylic acids is 2. The van der Waals surface area contributed by atoms with Gasteiger partial charge in [0.1, 0.15) is 12.7 Å². The first-order valence-corrected chi connectivity index (χ1v) is 22.4. The molecule has 0 spiro atoms. The molecule has 0 bridgehead atoms. The number of carbonyl (C=O) groups is 2. The fraction of sp³-hybridized carbons (Fsp3) is 0.682. The van der Waals surface area contributed by atoms with E-state index in [-0.39, 0.29) is 19.4 Å². The Hall–Kier alpha value is -2.59. The molecule has 11 heteroatoms. The van der Waals surface area contributed by atoms with Crippen molar-refractivity contribution >= 4 is 19.8 Å². The van der Waals surface area contributed by atoms with Gasteiger partial charge in [-0.05, 0) is 77.0 Å². The summed E-state index contributed by atoms with van der Waals surface area (Å²) in [5.74, 6) is -1.02. The number of hydrogen-bond donors (Lipinski definition) is 3. The van der Waals surface area contributed by atoms with Gasteiger partial charge in [-0.15, -0.1) is 0 Å². The molecular weight excluding hydrogens is 719 g/mol. The number of allylic oxidation sites excluding steroid dienone is 12. The molecule has 0 rings (SSSR count). The average Bonchev–Trinajstić information content (AvgIpc) is 3.17. The number of phosphoric ester groups is 1. The van der Waals surface area contributed by atoms with Crippen molar-refractivity contribution in [1.82, 2.24) is 0 Å². The van der Waals surface area contributed by atoms with E-state index in [0.717, 1.165) is 64.2 Å². The van der Waals surface area contributed by atoms with Gasteiger partial charge in [0.05, 0.1) is 19.8 Å². The molecule has 55 heavy (non-hydrogen) atoms. The van der Waals surface area contributed by atoms with Crippen LogP contribution >= 0.6 is 7.82 Å². The van der Waals surface area contributed by atoms with Gasteiger partial charge in [-0.25, -0.2) is 4.57 Å². The number of aliphatic hydroxyl groups excluding tert-OH is 2. The van der Waals surface area contributed by atoms with E-state index in [1.165, 1.54) is 44.9 Å². The Morgan fingerprint density at radius 2 is 1.02 bits per heavy atom. The standard InChI is InChI=1S/C44H75O10P/c1-3-5-7-9-11-13-15-17-19-20-22-23-25-27-29-31-33-35-43(47)51-39-42(40-53-55(49,50)52-38-41(46)37-45)54-44(48)36-34-32-30-28-26-24-21-18-16-14-12-10-8-6-4-2/h11,13-14,16-19,21-23,27,29,41-42,45-46H,3-10,12,15,20,24-26,28,30-40H2,1-2H3,(H,49,50)/b13-11+,16-14+,19-17+,21-18+,23-22+,29-27+/t41-,42+/m0/s1. The van der Waals surface area contributed by atoms with E-state index in [1.807, 2.05) is 6.08 Å². The minimum absolute atomic E-state index is 0.151. The van der Waals surface area contributed by atoms with Crippen LogP contribution in [0, 0.1) is 0 Å². The van der Waals surface area contributed by atoms with E-state index < -0.39 is 51.8 Å². The predicted molar refractivity (Wildman–Crippen MR) is 223 cm³/mol. The molecule has 0 aromatic rings. The Morgan fingerprint density at radius 3 is 1.62 bits per heavy atom. The Morgan fingerprint density at radius 1 is 0.564 bits per heavy atom. The van der Waals surface area contributed by atoms with E-state index >= 15 is 0 Å². The number of phosphoric acid groups is 1. The first kappa shape index (κ1) is 52.4. The lowest BCUT2D eigenvalue weighted by Crippen LogP contribution is -2.29. The van der Waals surface area contributed by atoms with Crippen molar-refractivity contribution in [3.63, 3.8) is 0 Å². The molecule has 3 atom stereocenters. The van der Waals surface area contributed by atoms with E-state index in [2.05, 4.69) is 85.2 Å². The fourth-order valence-corrected chi connectivity index (χ4v) is 5.88. The number of aliphatic hydroxyl groups is 2. The summed E-state index contributed by atoms with van der Waals surface area (Å²) in [6.07, 6.45) is 44.4. The van der Waals surface area contributed by atoms with Gasteiger partial charge >= 0.3 is 19.8 Å². The second kappa shape index (κ2) is 39.6. The molecule has 0 aliphatic carbocycles. The number of ether oxygens (including phenoxy) is 2. The first-order valence-electron chi connectivity index (χ1n) is 20.9. The quantitative estimate of drug-likeness (QED) is 0.0181. The zero-order chi connectivity index (χ0) is 40.5. The third-order valence-corrected chi connectivity index (χ3v) is 9.31. The Bertz CT molecular complexity index is 1140. The molecular formula is C44H75O10P. The average molecular weight is 795 g/mol. The van der Waals surface area contributed by atoms with Crippen molar-refractivity contribution in [1.29, 1.82) is 0 Å². The molecule has 0 aromatic carbocycles. The van der Waals surface area contributed by atoms with Crippen LogP contribution in [0.2, 0.25) is 0 Å². The number of hydrogen-bond acceptors (Lipinski definition) is 9. The van der Waals surface area contributed by atoms with Gasteiger partial charge in [0.15, 0.2) is 6.10 Å². The van der Waals surface area contributed by atoms with Crippen molar-refractivity contribution in [2.24, 2.45) is 0 Å². The minimum atomic E-state index is -4.64. The summed E-state index contributed by atoms with van der Waals surface area (Å²) < 4.78 is 32.6. The molecule has 0 heterocycles. The summed E-state index contributed by atoms with van der Waals surface area (Å²) in [6, 6.07) is 0. The maximum Gasteiger partial charge on any atom is 0.472 e. The molecule has 0 fully saturated rings. The zero-order valence-electron chi connectivity index (χ0n) is 34.1. The van der Waals surface area contributed by atoms with Crippen molar-refractivity contribution in [2.75, 3.05) is 26.4 Å². The third kappa shape index (κ3) is 39.4. The van der Waals surface area contributed by atoms with Crippen molar-refractivity contribution in [3.05, 3.63) is 72.9 Å². The van der Waals surface area contributed by atoms with Gasteiger partial charge < -0.3 is 24.6 Å². The summed E-state index contributed by atoms with van der Waals surface area (Å²) in [5, 5.41) is 18.3. The van der Waals surface area contributed by atoms with Gasteiger partial charge in [0, 0.05) is 12.8 Å². The molecule has 0 saturated heterocycles. The highest BCUT2D eigenvalue weighted by molar-refractivity contribution is 7.47. The topological polar surface area (TPSA) is 149 Å². The Kier molecular flexibility index (Phi) is 37.8. The van der Waals surface area contributed by atoms with Crippen LogP contribution in [0.4, 0.5) is 0 Å². The van der Waals surface area contributed by atoms with Crippen molar-refractivity contribution < 1.29 is 47.8 Å². The maximum atomic E-state index is 12.6. The largest absolute Gasteiger partial charge is 0.472 e. The van der Waals surface area contributed by atoms with Crippen LogP contribution in [0.25, 0.3) is 0 Å². The molecule has 0 aliphatic rings. The SMILES string of the molecule is CCCCC/C=C/C/C=C/C/C=C/C/C=C/CCCC(=O)OC[C@H](COP(=O)(O)OC[C@@H](O)CO)OC(=O)CCCCCCC/C=C/C=C/CCCCCC. The van der Waals surface area contributed by atoms with Gasteiger partial charge in [-0.3, -0.25) is 18.6 Å². The lowest BCUT2D eigenvalue weighted by molar-refractivity contribution is -0.161. The van der Waals surface area contributed by atoms with Gasteiger partial charge in [-0.2, -0.15) is 0 Å². The van der Waals surface area contributed by atoms with E-state index in [9.17, 15) is 24.2 Å². The number of esters is 2. The summed E-state index contributed by atoms with van der Waals surface area (Å²) in [7, 11) is -4.64.